The maximum absolute atomic E-state index is 11.2. The molecule has 0 bridgehead atoms. The lowest BCUT2D eigenvalue weighted by molar-refractivity contribution is 0.0995. The van der Waals surface area contributed by atoms with E-state index in [0.29, 0.717) is 10.5 Å². The number of amides is 1. The quantitative estimate of drug-likeness (QED) is 0.679. The van der Waals surface area contributed by atoms with Crippen molar-refractivity contribution in [1.82, 2.24) is 14.8 Å². The Labute approximate surface area is 118 Å². The minimum Gasteiger partial charge on any atom is -0.261 e. The van der Waals surface area contributed by atoms with Crippen molar-refractivity contribution in [2.75, 3.05) is 0 Å². The van der Waals surface area contributed by atoms with Crippen molar-refractivity contribution in [3.8, 4) is 5.69 Å². The van der Waals surface area contributed by atoms with Gasteiger partial charge >= 0.3 is 5.91 Å². The standard InChI is InChI=1S/C13H7ClN4O2/c14-8-1-2-9-11(7-8)15-5-3-12(9)18-6-4-10(16-18)13(19)17-20/h1-7H. The third-order valence-electron chi connectivity index (χ3n) is 2.82. The van der Waals surface area contributed by atoms with Crippen LogP contribution in [-0.4, -0.2) is 20.7 Å². The average molecular weight is 287 g/mol. The first-order valence-corrected chi connectivity index (χ1v) is 6.05. The summed E-state index contributed by atoms with van der Waals surface area (Å²) in [5.74, 6) is -0.898. The van der Waals surface area contributed by atoms with Crippen LogP contribution in [0.4, 0.5) is 0 Å². The van der Waals surface area contributed by atoms with Crippen LogP contribution >= 0.6 is 11.6 Å². The van der Waals surface area contributed by atoms with Crippen molar-refractivity contribution in [3.05, 3.63) is 58.3 Å². The summed E-state index contributed by atoms with van der Waals surface area (Å²) < 4.78 is 1.50. The van der Waals surface area contributed by atoms with Crippen molar-refractivity contribution >= 4 is 28.4 Å². The Morgan fingerprint density at radius 3 is 2.90 bits per heavy atom. The van der Waals surface area contributed by atoms with Crippen molar-refractivity contribution in [2.45, 2.75) is 0 Å². The molecule has 0 saturated heterocycles. The van der Waals surface area contributed by atoms with E-state index in [-0.39, 0.29) is 5.69 Å². The van der Waals surface area contributed by atoms with E-state index >= 15 is 0 Å². The molecule has 20 heavy (non-hydrogen) atoms. The summed E-state index contributed by atoms with van der Waals surface area (Å²) in [7, 11) is 0. The van der Waals surface area contributed by atoms with Gasteiger partial charge in [0.05, 0.1) is 11.2 Å². The molecular formula is C13H7ClN4O2. The molecule has 0 atom stereocenters. The van der Waals surface area contributed by atoms with Gasteiger partial charge in [0, 0.05) is 28.0 Å². The summed E-state index contributed by atoms with van der Waals surface area (Å²) in [4.78, 5) is 25.6. The summed E-state index contributed by atoms with van der Waals surface area (Å²) in [5.41, 5.74) is 1.45. The normalized spacial score (nSPS) is 10.7. The first-order chi connectivity index (χ1) is 9.69. The van der Waals surface area contributed by atoms with Gasteiger partial charge in [-0.2, -0.15) is 5.10 Å². The van der Waals surface area contributed by atoms with Crippen LogP contribution in [0.15, 0.2) is 47.9 Å². The maximum Gasteiger partial charge on any atom is 0.336 e. The molecule has 0 unspecified atom stereocenters. The topological polar surface area (TPSA) is 77.2 Å². The Morgan fingerprint density at radius 1 is 1.25 bits per heavy atom. The smallest absolute Gasteiger partial charge is 0.261 e. The summed E-state index contributed by atoms with van der Waals surface area (Å²) in [5, 5.41) is 7.80. The van der Waals surface area contributed by atoms with Crippen LogP contribution in [0.1, 0.15) is 10.5 Å². The van der Waals surface area contributed by atoms with Crippen LogP contribution in [0, 0.1) is 4.91 Å². The highest BCUT2D eigenvalue weighted by Gasteiger charge is 2.11. The fourth-order valence-electron chi connectivity index (χ4n) is 1.92. The van der Waals surface area contributed by atoms with Gasteiger partial charge in [-0.1, -0.05) is 11.6 Å². The van der Waals surface area contributed by atoms with E-state index < -0.39 is 5.91 Å². The molecule has 0 aliphatic carbocycles. The van der Waals surface area contributed by atoms with Gasteiger partial charge in [0.1, 0.15) is 0 Å². The number of aromatic nitrogens is 3. The van der Waals surface area contributed by atoms with Gasteiger partial charge in [-0.15, -0.1) is 4.91 Å². The van der Waals surface area contributed by atoms with E-state index in [1.54, 1.807) is 30.6 Å². The third-order valence-corrected chi connectivity index (χ3v) is 3.05. The van der Waals surface area contributed by atoms with Crippen LogP contribution in [0.3, 0.4) is 0 Å². The van der Waals surface area contributed by atoms with E-state index in [9.17, 15) is 9.70 Å². The highest BCUT2D eigenvalue weighted by molar-refractivity contribution is 6.31. The Morgan fingerprint density at radius 2 is 2.10 bits per heavy atom. The molecule has 2 heterocycles. The number of halogens is 1. The molecule has 1 aromatic carbocycles. The van der Waals surface area contributed by atoms with Crippen molar-refractivity contribution in [2.24, 2.45) is 5.18 Å². The minimum atomic E-state index is -0.898. The second kappa shape index (κ2) is 4.82. The number of fused-ring (bicyclic) bond motifs is 1. The number of benzene rings is 1. The first kappa shape index (κ1) is 12.4. The van der Waals surface area contributed by atoms with Gasteiger partial charge < -0.3 is 0 Å². The summed E-state index contributed by atoms with van der Waals surface area (Å²) >= 11 is 5.93. The van der Waals surface area contributed by atoms with Crippen molar-refractivity contribution in [3.63, 3.8) is 0 Å². The van der Waals surface area contributed by atoms with Crippen LogP contribution in [0.2, 0.25) is 5.02 Å². The molecule has 0 N–H and O–H groups in total. The van der Waals surface area contributed by atoms with Gasteiger partial charge in [0.15, 0.2) is 5.69 Å². The van der Waals surface area contributed by atoms with E-state index in [1.807, 2.05) is 6.07 Å². The molecule has 0 saturated carbocycles. The molecule has 3 aromatic rings. The molecule has 3 rings (SSSR count). The van der Waals surface area contributed by atoms with Gasteiger partial charge in [0.25, 0.3) is 0 Å². The third kappa shape index (κ3) is 2.06. The van der Waals surface area contributed by atoms with E-state index in [2.05, 4.69) is 15.3 Å². The SMILES string of the molecule is O=NC(=O)c1ccn(-c2ccnc3cc(Cl)ccc23)n1. The number of nitrogens with zero attached hydrogens (tertiary/aromatic N) is 4. The summed E-state index contributed by atoms with van der Waals surface area (Å²) in [6, 6.07) is 8.50. The van der Waals surface area contributed by atoms with Gasteiger partial charge in [-0.3, -0.25) is 9.78 Å². The number of carbonyl (C=O) groups is 1. The molecule has 2 aromatic heterocycles. The highest BCUT2D eigenvalue weighted by Crippen LogP contribution is 2.23. The largest absolute Gasteiger partial charge is 0.336 e. The second-order valence-electron chi connectivity index (χ2n) is 4.03. The second-order valence-corrected chi connectivity index (χ2v) is 4.47. The van der Waals surface area contributed by atoms with Crippen molar-refractivity contribution in [1.29, 1.82) is 0 Å². The number of nitroso groups, excluding NO2 is 1. The molecular weight excluding hydrogens is 280 g/mol. The molecule has 0 fully saturated rings. The lowest BCUT2D eigenvalue weighted by Crippen LogP contribution is -2.00. The molecule has 0 aliphatic rings. The van der Waals surface area contributed by atoms with Crippen LogP contribution in [0.25, 0.3) is 16.6 Å². The number of pyridine rings is 1. The predicted molar refractivity (Wildman–Crippen MR) is 74.0 cm³/mol. The van der Waals surface area contributed by atoms with Gasteiger partial charge in [0.2, 0.25) is 0 Å². The molecule has 0 radical (unpaired) electrons. The lowest BCUT2D eigenvalue weighted by Gasteiger charge is -2.06. The molecule has 6 nitrogen and oxygen atoms in total. The monoisotopic (exact) mass is 286 g/mol. The molecule has 0 spiro atoms. The zero-order valence-corrected chi connectivity index (χ0v) is 10.8. The Bertz CT molecular complexity index is 828. The fraction of sp³-hybridized carbons (Fsp3) is 0. The average Bonchev–Trinajstić information content (AvgIpc) is 2.95. The van der Waals surface area contributed by atoms with Gasteiger partial charge in [-0.05, 0) is 30.3 Å². The van der Waals surface area contributed by atoms with Crippen molar-refractivity contribution < 1.29 is 4.79 Å². The number of hydrogen-bond acceptors (Lipinski definition) is 4. The number of hydrogen-bond donors (Lipinski definition) is 0. The zero-order chi connectivity index (χ0) is 14.1. The Hall–Kier alpha value is -2.60. The highest BCUT2D eigenvalue weighted by atomic mass is 35.5. The molecule has 98 valence electrons. The first-order valence-electron chi connectivity index (χ1n) is 5.67. The Kier molecular flexibility index (Phi) is 3.00. The van der Waals surface area contributed by atoms with E-state index in [1.165, 1.54) is 10.7 Å². The number of rotatable bonds is 2. The molecule has 0 aliphatic heterocycles. The Balaban J connectivity index is 2.17. The van der Waals surface area contributed by atoms with Crippen LogP contribution < -0.4 is 0 Å². The van der Waals surface area contributed by atoms with Gasteiger partial charge in [-0.25, -0.2) is 4.68 Å². The fourth-order valence-corrected chi connectivity index (χ4v) is 2.09. The molecule has 1 amide bonds. The summed E-state index contributed by atoms with van der Waals surface area (Å²) in [6.07, 6.45) is 3.21. The van der Waals surface area contributed by atoms with E-state index in [4.69, 9.17) is 11.6 Å². The maximum atomic E-state index is 11.2. The van der Waals surface area contributed by atoms with Crippen LogP contribution in [0.5, 0.6) is 0 Å². The number of carbonyl (C=O) groups excluding carboxylic acids is 1. The van der Waals surface area contributed by atoms with Crippen LogP contribution in [-0.2, 0) is 0 Å². The lowest BCUT2D eigenvalue weighted by atomic mass is 10.2. The summed E-state index contributed by atoms with van der Waals surface area (Å²) in [6.45, 7) is 0. The predicted octanol–water partition coefficient (Wildman–Crippen LogP) is 2.98. The minimum absolute atomic E-state index is 0.000995. The molecule has 7 heteroatoms. The van der Waals surface area contributed by atoms with E-state index in [0.717, 1.165) is 11.1 Å². The zero-order valence-electron chi connectivity index (χ0n) is 10.0.